The van der Waals surface area contributed by atoms with E-state index >= 15 is 0 Å². The summed E-state index contributed by atoms with van der Waals surface area (Å²) in [7, 11) is -3.76. The van der Waals surface area contributed by atoms with Gasteiger partial charge in [0.1, 0.15) is 0 Å². The van der Waals surface area contributed by atoms with Gasteiger partial charge < -0.3 is 15.2 Å². The number of aromatic nitrogens is 1. The lowest BCUT2D eigenvalue weighted by Gasteiger charge is -2.20. The van der Waals surface area contributed by atoms with Gasteiger partial charge in [-0.2, -0.15) is 4.31 Å². The van der Waals surface area contributed by atoms with Crippen LogP contribution < -0.4 is 11.3 Å². The van der Waals surface area contributed by atoms with Gasteiger partial charge in [-0.25, -0.2) is 8.42 Å². The number of ether oxygens (including phenoxy) is 2. The average Bonchev–Trinajstić information content (AvgIpc) is 3.20. The highest BCUT2D eigenvalue weighted by Crippen LogP contribution is 2.26. The molecule has 2 fully saturated rings. The summed E-state index contributed by atoms with van der Waals surface area (Å²) in [5, 5.41) is 0.596. The number of carbonyl (C=O) groups is 1. The summed E-state index contributed by atoms with van der Waals surface area (Å²) < 4.78 is 39.3. The van der Waals surface area contributed by atoms with Crippen molar-refractivity contribution in [3.63, 3.8) is 0 Å². The molecular formula is C20H25N3O6S. The van der Waals surface area contributed by atoms with Crippen molar-refractivity contribution in [2.24, 2.45) is 11.7 Å². The number of hydrogen-bond donors (Lipinski definition) is 1. The van der Waals surface area contributed by atoms with Gasteiger partial charge in [0.15, 0.2) is 6.73 Å². The quantitative estimate of drug-likeness (QED) is 0.685. The van der Waals surface area contributed by atoms with Gasteiger partial charge in [0, 0.05) is 49.3 Å². The molecule has 2 aliphatic rings. The molecule has 0 unspecified atom stereocenters. The molecule has 10 heteroatoms. The summed E-state index contributed by atoms with van der Waals surface area (Å²) in [5.41, 5.74) is 5.45. The monoisotopic (exact) mass is 435 g/mol. The number of fused-ring (bicyclic) bond motifs is 1. The largest absolute Gasteiger partial charge is 0.444 e. The van der Waals surface area contributed by atoms with Crippen LogP contribution in [-0.4, -0.2) is 55.6 Å². The van der Waals surface area contributed by atoms with Crippen LogP contribution in [0.25, 0.3) is 10.8 Å². The van der Waals surface area contributed by atoms with Crippen LogP contribution in [0.3, 0.4) is 0 Å². The van der Waals surface area contributed by atoms with E-state index in [0.717, 1.165) is 0 Å². The molecule has 30 heavy (non-hydrogen) atoms. The van der Waals surface area contributed by atoms with Crippen LogP contribution in [0.2, 0.25) is 0 Å². The summed E-state index contributed by atoms with van der Waals surface area (Å²) in [6, 6.07) is 6.00. The van der Waals surface area contributed by atoms with Gasteiger partial charge in [-0.05, 0) is 37.5 Å². The Morgan fingerprint density at radius 3 is 2.63 bits per heavy atom. The Hall–Kier alpha value is -2.27. The van der Waals surface area contributed by atoms with Gasteiger partial charge >= 0.3 is 5.97 Å². The van der Waals surface area contributed by atoms with Crippen LogP contribution in [0.4, 0.5) is 0 Å². The number of nitrogens with two attached hydrogens (primary N) is 1. The zero-order valence-corrected chi connectivity index (χ0v) is 17.3. The van der Waals surface area contributed by atoms with E-state index in [1.54, 1.807) is 18.2 Å². The van der Waals surface area contributed by atoms with Crippen LogP contribution in [-0.2, 0) is 31.0 Å². The summed E-state index contributed by atoms with van der Waals surface area (Å²) in [4.78, 5) is 25.2. The highest BCUT2D eigenvalue weighted by Gasteiger charge is 2.32. The Bertz CT molecular complexity index is 1110. The molecule has 0 amide bonds. The Morgan fingerprint density at radius 2 is 1.93 bits per heavy atom. The topological polar surface area (TPSA) is 121 Å². The molecule has 3 heterocycles. The summed E-state index contributed by atoms with van der Waals surface area (Å²) in [6.07, 6.45) is 3.27. The third-order valence-corrected chi connectivity index (χ3v) is 7.61. The molecule has 4 rings (SSSR count). The van der Waals surface area contributed by atoms with Gasteiger partial charge in [-0.15, -0.1) is 0 Å². The second kappa shape index (κ2) is 8.46. The molecule has 0 aliphatic carbocycles. The molecule has 2 aromatic rings. The molecule has 0 bridgehead atoms. The lowest BCUT2D eigenvalue weighted by molar-refractivity contribution is -0.155. The smallest absolute Gasteiger partial charge is 0.310 e. The first-order valence-corrected chi connectivity index (χ1v) is 11.4. The lowest BCUT2D eigenvalue weighted by Crippen LogP contribution is -2.32. The molecule has 2 saturated heterocycles. The first-order chi connectivity index (χ1) is 14.4. The van der Waals surface area contributed by atoms with Crippen molar-refractivity contribution in [1.29, 1.82) is 0 Å². The molecule has 2 aliphatic heterocycles. The summed E-state index contributed by atoms with van der Waals surface area (Å²) in [6.45, 7) is 1.45. The number of benzene rings is 1. The number of sulfonamides is 1. The molecule has 0 spiro atoms. The van der Waals surface area contributed by atoms with Gasteiger partial charge in [-0.3, -0.25) is 14.2 Å². The Balaban J connectivity index is 1.59. The Labute approximate surface area is 174 Å². The molecule has 1 aromatic heterocycles. The van der Waals surface area contributed by atoms with E-state index in [-0.39, 0.29) is 41.5 Å². The van der Waals surface area contributed by atoms with Crippen LogP contribution in [0.15, 0.2) is 40.2 Å². The van der Waals surface area contributed by atoms with Crippen molar-refractivity contribution in [2.45, 2.75) is 36.9 Å². The fraction of sp³-hybridized carbons (Fsp3) is 0.500. The number of carbonyl (C=O) groups excluding carboxylic acids is 1. The maximum absolute atomic E-state index is 13.1. The van der Waals surface area contributed by atoms with Crippen molar-refractivity contribution in [2.75, 3.05) is 26.3 Å². The minimum absolute atomic E-state index is 0.0811. The molecule has 0 saturated carbocycles. The molecular weight excluding hydrogens is 410 g/mol. The number of hydrogen-bond acceptors (Lipinski definition) is 7. The van der Waals surface area contributed by atoms with E-state index < -0.39 is 15.6 Å². The third kappa shape index (κ3) is 4.00. The molecule has 0 radical (unpaired) electrons. The predicted molar refractivity (Wildman–Crippen MR) is 109 cm³/mol. The third-order valence-electron chi connectivity index (χ3n) is 5.68. The van der Waals surface area contributed by atoms with E-state index in [9.17, 15) is 18.0 Å². The molecule has 162 valence electrons. The first kappa shape index (κ1) is 21.0. The molecule has 1 atom stereocenters. The van der Waals surface area contributed by atoms with Crippen molar-refractivity contribution in [1.82, 2.24) is 8.87 Å². The second-order valence-electron chi connectivity index (χ2n) is 7.70. The SMILES string of the molecule is N[C@@H]1CCN(S(=O)(=O)c2cccc3c(=O)n(COC(=O)C4CCOCC4)ccc23)C1. The number of rotatable bonds is 5. The van der Waals surface area contributed by atoms with Gasteiger partial charge in [-0.1, -0.05) is 6.07 Å². The predicted octanol–water partition coefficient (Wildman–Crippen LogP) is 0.650. The van der Waals surface area contributed by atoms with E-state index in [0.29, 0.717) is 44.4 Å². The zero-order chi connectivity index (χ0) is 21.3. The number of esters is 1. The maximum Gasteiger partial charge on any atom is 0.310 e. The average molecular weight is 436 g/mol. The van der Waals surface area contributed by atoms with Crippen LogP contribution in [0, 0.1) is 5.92 Å². The summed E-state index contributed by atoms with van der Waals surface area (Å²) in [5.74, 6) is -0.578. The maximum atomic E-state index is 13.1. The van der Waals surface area contributed by atoms with Crippen LogP contribution in [0.1, 0.15) is 19.3 Å². The fourth-order valence-electron chi connectivity index (χ4n) is 3.91. The Kier molecular flexibility index (Phi) is 5.92. The number of nitrogens with zero attached hydrogens (tertiary/aromatic N) is 2. The first-order valence-electron chi connectivity index (χ1n) is 10.00. The van der Waals surface area contributed by atoms with E-state index in [1.807, 2.05) is 0 Å². The fourth-order valence-corrected chi connectivity index (χ4v) is 5.63. The van der Waals surface area contributed by atoms with Crippen molar-refractivity contribution < 1.29 is 22.7 Å². The van der Waals surface area contributed by atoms with E-state index in [1.165, 1.54) is 21.1 Å². The minimum atomic E-state index is -3.76. The van der Waals surface area contributed by atoms with Crippen molar-refractivity contribution in [3.05, 3.63) is 40.8 Å². The van der Waals surface area contributed by atoms with Crippen LogP contribution in [0.5, 0.6) is 0 Å². The molecule has 9 nitrogen and oxygen atoms in total. The van der Waals surface area contributed by atoms with Gasteiger partial charge in [0.2, 0.25) is 10.0 Å². The van der Waals surface area contributed by atoms with E-state index in [4.69, 9.17) is 15.2 Å². The van der Waals surface area contributed by atoms with Gasteiger partial charge in [0.25, 0.3) is 5.56 Å². The second-order valence-corrected chi connectivity index (χ2v) is 9.61. The highest BCUT2D eigenvalue weighted by atomic mass is 32.2. The van der Waals surface area contributed by atoms with Crippen molar-refractivity contribution >= 4 is 26.8 Å². The standard InChI is InChI=1S/C20H25N3O6S/c21-15-4-9-23(12-15)30(26,27)18-3-1-2-17-16(18)5-8-22(19(17)24)13-29-20(25)14-6-10-28-11-7-14/h1-3,5,8,14-15H,4,6-7,9-13,21H2/t15-/m1/s1. The number of pyridine rings is 1. The van der Waals surface area contributed by atoms with Crippen LogP contribution >= 0.6 is 0 Å². The highest BCUT2D eigenvalue weighted by molar-refractivity contribution is 7.89. The Morgan fingerprint density at radius 1 is 1.17 bits per heavy atom. The summed E-state index contributed by atoms with van der Waals surface area (Å²) >= 11 is 0. The van der Waals surface area contributed by atoms with Gasteiger partial charge in [0.05, 0.1) is 10.8 Å². The molecule has 2 N–H and O–H groups in total. The van der Waals surface area contributed by atoms with Crippen molar-refractivity contribution in [3.8, 4) is 0 Å². The van der Waals surface area contributed by atoms with E-state index in [2.05, 4.69) is 0 Å². The normalized spacial score (nSPS) is 21.2. The zero-order valence-electron chi connectivity index (χ0n) is 16.5. The lowest BCUT2D eigenvalue weighted by atomic mass is 10.0. The molecule has 1 aromatic carbocycles. The minimum Gasteiger partial charge on any atom is -0.444 e.